The quantitative estimate of drug-likeness (QED) is 0.544. The van der Waals surface area contributed by atoms with E-state index >= 15 is 0 Å². The molecule has 3 aromatic rings. The Morgan fingerprint density at radius 2 is 1.84 bits per heavy atom. The number of methoxy groups -OCH3 is 1. The molecule has 0 aliphatic carbocycles. The van der Waals surface area contributed by atoms with Crippen molar-refractivity contribution in [3.63, 3.8) is 0 Å². The van der Waals surface area contributed by atoms with Crippen molar-refractivity contribution in [2.24, 2.45) is 5.92 Å². The van der Waals surface area contributed by atoms with Crippen LogP contribution in [0, 0.1) is 5.92 Å². The van der Waals surface area contributed by atoms with E-state index in [1.54, 1.807) is 7.11 Å². The minimum Gasteiger partial charge on any atom is -0.497 e. The van der Waals surface area contributed by atoms with Crippen LogP contribution < -0.4 is 10.1 Å². The lowest BCUT2D eigenvalue weighted by Gasteiger charge is -2.38. The van der Waals surface area contributed by atoms with Gasteiger partial charge in [0.15, 0.2) is 5.11 Å². The van der Waals surface area contributed by atoms with Crippen LogP contribution in [0.1, 0.15) is 38.3 Å². The average Bonchev–Trinajstić information content (AvgIpc) is 3.26. The summed E-state index contributed by atoms with van der Waals surface area (Å²) in [4.78, 5) is 6.86. The predicted molar refractivity (Wildman–Crippen MR) is 125 cm³/mol. The van der Waals surface area contributed by atoms with E-state index in [0.29, 0.717) is 22.7 Å². The molecule has 0 bridgehead atoms. The van der Waals surface area contributed by atoms with Crippen molar-refractivity contribution in [1.29, 1.82) is 0 Å². The molecule has 7 heteroatoms. The molecule has 31 heavy (non-hydrogen) atoms. The number of thiocarbonyl (C=S) groups is 1. The first-order valence-electron chi connectivity index (χ1n) is 10.3. The summed E-state index contributed by atoms with van der Waals surface area (Å²) in [6.07, 6.45) is 0. The summed E-state index contributed by atoms with van der Waals surface area (Å²) in [7, 11) is 1.64. The Morgan fingerprint density at radius 3 is 2.48 bits per heavy atom. The number of aromatic nitrogens is 2. The Morgan fingerprint density at radius 1 is 1.13 bits per heavy atom. The lowest BCUT2D eigenvalue weighted by atomic mass is 9.94. The van der Waals surface area contributed by atoms with Crippen LogP contribution in [0.25, 0.3) is 17.0 Å². The van der Waals surface area contributed by atoms with Crippen LogP contribution in [0.5, 0.6) is 5.75 Å². The highest BCUT2D eigenvalue weighted by atomic mass is 32.1. The number of nitrogens with zero attached hydrogens (tertiary/aromatic N) is 3. The molecule has 160 valence electrons. The molecule has 1 aromatic heterocycles. The molecular formula is C24H26N4O2S. The van der Waals surface area contributed by atoms with Gasteiger partial charge in [0.05, 0.1) is 18.7 Å². The lowest BCUT2D eigenvalue weighted by Crippen LogP contribution is -2.47. The minimum atomic E-state index is -0.165. The van der Waals surface area contributed by atoms with Gasteiger partial charge >= 0.3 is 0 Å². The van der Waals surface area contributed by atoms with E-state index in [0.717, 1.165) is 34.7 Å². The number of rotatable bonds is 6. The number of ether oxygens (including phenoxy) is 1. The van der Waals surface area contributed by atoms with Gasteiger partial charge in [0, 0.05) is 17.8 Å². The van der Waals surface area contributed by atoms with Gasteiger partial charge in [0.25, 0.3) is 5.89 Å². The second-order valence-corrected chi connectivity index (χ2v) is 8.34. The SMILES string of the molecule is COc1ccc(-c2noc(C3=C(C)N(CC(C)C)C(=S)NC3c3ccccc3)n2)cc1. The highest BCUT2D eigenvalue weighted by molar-refractivity contribution is 7.80. The molecule has 0 radical (unpaired) electrons. The molecule has 1 unspecified atom stereocenters. The van der Waals surface area contributed by atoms with Gasteiger partial charge in [-0.3, -0.25) is 0 Å². The fourth-order valence-corrected chi connectivity index (χ4v) is 4.06. The molecule has 2 aromatic carbocycles. The van der Waals surface area contributed by atoms with E-state index in [1.165, 1.54) is 0 Å². The van der Waals surface area contributed by atoms with Gasteiger partial charge in [-0.1, -0.05) is 49.3 Å². The molecule has 4 rings (SSSR count). The molecule has 6 nitrogen and oxygen atoms in total. The van der Waals surface area contributed by atoms with Gasteiger partial charge in [-0.25, -0.2) is 0 Å². The zero-order valence-corrected chi connectivity index (χ0v) is 18.9. The monoisotopic (exact) mass is 434 g/mol. The maximum absolute atomic E-state index is 5.77. The number of hydrogen-bond donors (Lipinski definition) is 1. The van der Waals surface area contributed by atoms with E-state index in [1.807, 2.05) is 42.5 Å². The van der Waals surface area contributed by atoms with E-state index in [2.05, 4.69) is 48.3 Å². The third-order valence-electron chi connectivity index (χ3n) is 5.28. The normalized spacial score (nSPS) is 16.6. The Bertz CT molecular complexity index is 1090. The molecule has 0 saturated heterocycles. The van der Waals surface area contributed by atoms with Gasteiger partial charge < -0.3 is 19.5 Å². The van der Waals surface area contributed by atoms with E-state index in [4.69, 9.17) is 26.5 Å². The summed E-state index contributed by atoms with van der Waals surface area (Å²) in [6, 6.07) is 17.6. The molecule has 0 fully saturated rings. The Labute approximate surface area is 187 Å². The average molecular weight is 435 g/mol. The zero-order chi connectivity index (χ0) is 22.0. The Hall–Kier alpha value is -3.19. The molecule has 0 spiro atoms. The minimum absolute atomic E-state index is 0.165. The predicted octanol–water partition coefficient (Wildman–Crippen LogP) is 5.06. The smallest absolute Gasteiger partial charge is 0.258 e. The van der Waals surface area contributed by atoms with Crippen LogP contribution in [0.4, 0.5) is 0 Å². The molecule has 2 heterocycles. The van der Waals surface area contributed by atoms with Gasteiger partial charge in [-0.2, -0.15) is 4.98 Å². The van der Waals surface area contributed by atoms with Crippen LogP contribution in [0.15, 0.2) is 64.8 Å². The third kappa shape index (κ3) is 4.32. The van der Waals surface area contributed by atoms with Crippen molar-refractivity contribution < 1.29 is 9.26 Å². The maximum Gasteiger partial charge on any atom is 0.258 e. The van der Waals surface area contributed by atoms with Crippen LogP contribution >= 0.6 is 12.2 Å². The fourth-order valence-electron chi connectivity index (χ4n) is 3.73. The Balaban J connectivity index is 1.78. The number of benzene rings is 2. The van der Waals surface area contributed by atoms with Gasteiger partial charge in [-0.05, 0) is 54.9 Å². The summed E-state index contributed by atoms with van der Waals surface area (Å²) >= 11 is 5.71. The van der Waals surface area contributed by atoms with Crippen molar-refractivity contribution in [1.82, 2.24) is 20.4 Å². The summed E-state index contributed by atoms with van der Waals surface area (Å²) in [5, 5.41) is 8.44. The van der Waals surface area contributed by atoms with Crippen molar-refractivity contribution in [3.8, 4) is 17.1 Å². The lowest BCUT2D eigenvalue weighted by molar-refractivity contribution is 0.386. The molecular weight excluding hydrogens is 408 g/mol. The molecule has 1 N–H and O–H groups in total. The molecule has 1 atom stereocenters. The van der Waals surface area contributed by atoms with Gasteiger partial charge in [-0.15, -0.1) is 0 Å². The molecule has 1 aliphatic heterocycles. The molecule has 1 aliphatic rings. The third-order valence-corrected chi connectivity index (χ3v) is 5.62. The van der Waals surface area contributed by atoms with Gasteiger partial charge in [0.1, 0.15) is 5.75 Å². The topological polar surface area (TPSA) is 63.4 Å². The van der Waals surface area contributed by atoms with Crippen molar-refractivity contribution >= 4 is 22.9 Å². The van der Waals surface area contributed by atoms with E-state index in [-0.39, 0.29) is 6.04 Å². The van der Waals surface area contributed by atoms with Crippen LogP contribution in [0.3, 0.4) is 0 Å². The first-order chi connectivity index (χ1) is 15.0. The summed E-state index contributed by atoms with van der Waals surface area (Å²) in [5.41, 5.74) is 3.92. The molecule has 0 saturated carbocycles. The largest absolute Gasteiger partial charge is 0.497 e. The first-order valence-corrected chi connectivity index (χ1v) is 10.7. The first kappa shape index (κ1) is 21.1. The van der Waals surface area contributed by atoms with E-state index < -0.39 is 0 Å². The number of hydrogen-bond acceptors (Lipinski definition) is 5. The van der Waals surface area contributed by atoms with Crippen molar-refractivity contribution in [2.45, 2.75) is 26.8 Å². The summed E-state index contributed by atoms with van der Waals surface area (Å²) in [6.45, 7) is 7.22. The highest BCUT2D eigenvalue weighted by Crippen LogP contribution is 2.37. The second-order valence-electron chi connectivity index (χ2n) is 7.95. The summed E-state index contributed by atoms with van der Waals surface area (Å²) < 4.78 is 11.0. The standard InChI is InChI=1S/C24H26N4O2S/c1-15(2)14-28-16(3)20(21(25-24(28)31)17-8-6-5-7-9-17)23-26-22(27-30-23)18-10-12-19(29-4)13-11-18/h5-13,15,21H,14H2,1-4H3,(H,25,31). The Kier molecular flexibility index (Phi) is 6.04. The summed E-state index contributed by atoms with van der Waals surface area (Å²) in [5.74, 6) is 2.25. The number of nitrogens with one attached hydrogen (secondary N) is 1. The zero-order valence-electron chi connectivity index (χ0n) is 18.1. The number of allylic oxidation sites excluding steroid dienone is 1. The van der Waals surface area contributed by atoms with Crippen molar-refractivity contribution in [2.75, 3.05) is 13.7 Å². The van der Waals surface area contributed by atoms with E-state index in [9.17, 15) is 0 Å². The fraction of sp³-hybridized carbons (Fsp3) is 0.292. The second kappa shape index (κ2) is 8.89. The van der Waals surface area contributed by atoms with Crippen LogP contribution in [-0.2, 0) is 0 Å². The van der Waals surface area contributed by atoms with Gasteiger partial charge in [0.2, 0.25) is 5.82 Å². The highest BCUT2D eigenvalue weighted by Gasteiger charge is 2.34. The maximum atomic E-state index is 5.77. The van der Waals surface area contributed by atoms with Crippen LogP contribution in [-0.4, -0.2) is 33.8 Å². The van der Waals surface area contributed by atoms with Crippen molar-refractivity contribution in [3.05, 3.63) is 71.7 Å². The van der Waals surface area contributed by atoms with Crippen LogP contribution in [0.2, 0.25) is 0 Å². The molecule has 0 amide bonds.